The predicted molar refractivity (Wildman–Crippen MR) is 79.1 cm³/mol. The molecule has 18 heavy (non-hydrogen) atoms. The van der Waals surface area contributed by atoms with Crippen LogP contribution in [0.3, 0.4) is 0 Å². The van der Waals surface area contributed by atoms with Gasteiger partial charge in [0.05, 0.1) is 0 Å². The van der Waals surface area contributed by atoms with Gasteiger partial charge in [-0.2, -0.15) is 0 Å². The summed E-state index contributed by atoms with van der Waals surface area (Å²) in [6.07, 6.45) is 0.805. The maximum absolute atomic E-state index is 9.20. The summed E-state index contributed by atoms with van der Waals surface area (Å²) < 4.78 is 1.10. The number of nitrogens with one attached hydrogen (secondary N) is 1. The molecule has 4 heteroatoms. The molecule has 100 valence electrons. The average molecular weight is 313 g/mol. The van der Waals surface area contributed by atoms with Gasteiger partial charge in [0.25, 0.3) is 0 Å². The minimum absolute atomic E-state index is 0.110. The third-order valence-electron chi connectivity index (χ3n) is 3.44. The number of aliphatic hydroxyl groups excluding tert-OH is 1. The van der Waals surface area contributed by atoms with Gasteiger partial charge in [0.15, 0.2) is 0 Å². The topological polar surface area (TPSA) is 35.5 Å². The highest BCUT2D eigenvalue weighted by molar-refractivity contribution is 9.10. The van der Waals surface area contributed by atoms with Gasteiger partial charge < -0.3 is 15.3 Å². The SMILES string of the molecule is CC1(C)CN(c2ccc(Br)cc2)C(CCO)CN1. The molecule has 1 aromatic rings. The zero-order chi connectivity index (χ0) is 13.2. The fourth-order valence-electron chi connectivity index (χ4n) is 2.46. The van der Waals surface area contributed by atoms with Gasteiger partial charge in [-0.1, -0.05) is 15.9 Å². The molecule has 1 atom stereocenters. The van der Waals surface area contributed by atoms with Crippen LogP contribution in [-0.4, -0.2) is 36.4 Å². The van der Waals surface area contributed by atoms with E-state index in [-0.39, 0.29) is 12.1 Å². The van der Waals surface area contributed by atoms with Crippen LogP contribution in [0.15, 0.2) is 28.7 Å². The number of halogens is 1. The van der Waals surface area contributed by atoms with E-state index in [2.05, 4.69) is 64.3 Å². The first-order chi connectivity index (χ1) is 8.52. The first kappa shape index (κ1) is 13.8. The van der Waals surface area contributed by atoms with Crippen molar-refractivity contribution in [3.05, 3.63) is 28.7 Å². The van der Waals surface area contributed by atoms with Crippen LogP contribution in [0.1, 0.15) is 20.3 Å². The highest BCUT2D eigenvalue weighted by Gasteiger charge is 2.32. The van der Waals surface area contributed by atoms with Crippen molar-refractivity contribution >= 4 is 21.6 Å². The Morgan fingerprint density at radius 1 is 1.39 bits per heavy atom. The van der Waals surface area contributed by atoms with Crippen molar-refractivity contribution in [2.45, 2.75) is 31.8 Å². The van der Waals surface area contributed by atoms with Gasteiger partial charge in [0.1, 0.15) is 0 Å². The number of hydrogen-bond donors (Lipinski definition) is 2. The van der Waals surface area contributed by atoms with Crippen molar-refractivity contribution in [3.8, 4) is 0 Å². The third-order valence-corrected chi connectivity index (χ3v) is 3.97. The lowest BCUT2D eigenvalue weighted by Crippen LogP contribution is -2.62. The molecule has 0 bridgehead atoms. The summed E-state index contributed by atoms with van der Waals surface area (Å²) in [7, 11) is 0. The van der Waals surface area contributed by atoms with E-state index in [1.165, 1.54) is 5.69 Å². The van der Waals surface area contributed by atoms with Crippen LogP contribution in [0.5, 0.6) is 0 Å². The van der Waals surface area contributed by atoms with E-state index >= 15 is 0 Å². The summed E-state index contributed by atoms with van der Waals surface area (Å²) >= 11 is 3.47. The number of anilines is 1. The summed E-state index contributed by atoms with van der Waals surface area (Å²) in [5.41, 5.74) is 1.34. The van der Waals surface area contributed by atoms with Gasteiger partial charge >= 0.3 is 0 Å². The van der Waals surface area contributed by atoms with Crippen LogP contribution in [0.4, 0.5) is 5.69 Å². The number of benzene rings is 1. The molecule has 1 unspecified atom stereocenters. The highest BCUT2D eigenvalue weighted by atomic mass is 79.9. The van der Waals surface area contributed by atoms with Crippen molar-refractivity contribution in [3.63, 3.8) is 0 Å². The summed E-state index contributed by atoms with van der Waals surface area (Å²) in [6, 6.07) is 8.77. The molecule has 0 radical (unpaired) electrons. The molecule has 1 heterocycles. The van der Waals surface area contributed by atoms with Crippen LogP contribution in [0.2, 0.25) is 0 Å². The summed E-state index contributed by atoms with van der Waals surface area (Å²) in [6.45, 7) is 6.55. The van der Waals surface area contributed by atoms with Gasteiger partial charge in [-0.05, 0) is 44.5 Å². The fourth-order valence-corrected chi connectivity index (χ4v) is 2.72. The second kappa shape index (κ2) is 5.59. The molecule has 1 saturated heterocycles. The second-order valence-electron chi connectivity index (χ2n) is 5.54. The number of rotatable bonds is 3. The number of nitrogens with zero attached hydrogens (tertiary/aromatic N) is 1. The Hall–Kier alpha value is -0.580. The smallest absolute Gasteiger partial charge is 0.0451 e. The Kier molecular flexibility index (Phi) is 4.30. The van der Waals surface area contributed by atoms with Gasteiger partial charge in [-0.25, -0.2) is 0 Å². The molecule has 1 aliphatic heterocycles. The molecule has 2 rings (SSSR count). The van der Waals surface area contributed by atoms with Gasteiger partial charge in [0, 0.05) is 41.4 Å². The van der Waals surface area contributed by atoms with E-state index in [4.69, 9.17) is 0 Å². The molecule has 0 saturated carbocycles. The van der Waals surface area contributed by atoms with E-state index in [0.29, 0.717) is 6.04 Å². The van der Waals surface area contributed by atoms with Crippen LogP contribution in [-0.2, 0) is 0 Å². The standard InChI is InChI=1S/C14H21BrN2O/c1-14(2)10-17(13(7-8-18)9-16-14)12-5-3-11(15)4-6-12/h3-6,13,16,18H,7-10H2,1-2H3. The van der Waals surface area contributed by atoms with E-state index in [0.717, 1.165) is 24.0 Å². The van der Waals surface area contributed by atoms with Crippen molar-refractivity contribution in [2.24, 2.45) is 0 Å². The van der Waals surface area contributed by atoms with Gasteiger partial charge in [-0.3, -0.25) is 0 Å². The minimum Gasteiger partial charge on any atom is -0.396 e. The molecule has 3 nitrogen and oxygen atoms in total. The molecule has 1 aliphatic rings. The van der Waals surface area contributed by atoms with Crippen LogP contribution < -0.4 is 10.2 Å². The minimum atomic E-state index is 0.110. The zero-order valence-electron chi connectivity index (χ0n) is 11.0. The van der Waals surface area contributed by atoms with E-state index < -0.39 is 0 Å². The van der Waals surface area contributed by atoms with Gasteiger partial charge in [-0.15, -0.1) is 0 Å². The molecular formula is C14H21BrN2O. The molecule has 1 aromatic carbocycles. The lowest BCUT2D eigenvalue weighted by molar-refractivity contribution is 0.241. The monoisotopic (exact) mass is 312 g/mol. The summed E-state index contributed by atoms with van der Waals surface area (Å²) in [5.74, 6) is 0. The molecule has 0 aromatic heterocycles. The highest BCUT2D eigenvalue weighted by Crippen LogP contribution is 2.26. The molecule has 0 spiro atoms. The van der Waals surface area contributed by atoms with Gasteiger partial charge in [0.2, 0.25) is 0 Å². The zero-order valence-corrected chi connectivity index (χ0v) is 12.6. The lowest BCUT2D eigenvalue weighted by Gasteiger charge is -2.46. The molecular weight excluding hydrogens is 292 g/mol. The van der Waals surface area contributed by atoms with Crippen LogP contribution >= 0.6 is 15.9 Å². The van der Waals surface area contributed by atoms with Crippen LogP contribution in [0.25, 0.3) is 0 Å². The van der Waals surface area contributed by atoms with Crippen molar-refractivity contribution in [1.29, 1.82) is 0 Å². The number of piperazine rings is 1. The van der Waals surface area contributed by atoms with Crippen molar-refractivity contribution in [1.82, 2.24) is 5.32 Å². The largest absolute Gasteiger partial charge is 0.396 e. The summed E-state index contributed by atoms with van der Waals surface area (Å²) in [5, 5.41) is 12.7. The average Bonchev–Trinajstić information content (AvgIpc) is 2.32. The Morgan fingerprint density at radius 2 is 2.06 bits per heavy atom. The Labute approximate surface area is 117 Å². The van der Waals surface area contributed by atoms with Crippen molar-refractivity contribution < 1.29 is 5.11 Å². The lowest BCUT2D eigenvalue weighted by atomic mass is 9.96. The molecule has 2 N–H and O–H groups in total. The third kappa shape index (κ3) is 3.25. The first-order valence-electron chi connectivity index (χ1n) is 6.40. The molecule has 0 aliphatic carbocycles. The van der Waals surface area contributed by atoms with Crippen LogP contribution in [0, 0.1) is 0 Å². The second-order valence-corrected chi connectivity index (χ2v) is 6.45. The van der Waals surface area contributed by atoms with E-state index in [1.54, 1.807) is 0 Å². The summed E-state index contributed by atoms with van der Waals surface area (Å²) in [4.78, 5) is 2.40. The van der Waals surface area contributed by atoms with E-state index in [9.17, 15) is 5.11 Å². The maximum atomic E-state index is 9.20. The Bertz CT molecular complexity index is 391. The molecule has 1 fully saturated rings. The predicted octanol–water partition coefficient (Wildman–Crippen LogP) is 2.39. The quantitative estimate of drug-likeness (QED) is 0.899. The Balaban J connectivity index is 2.21. The Morgan fingerprint density at radius 3 is 2.67 bits per heavy atom. The number of hydrogen-bond acceptors (Lipinski definition) is 3. The first-order valence-corrected chi connectivity index (χ1v) is 7.19. The maximum Gasteiger partial charge on any atom is 0.0451 e. The van der Waals surface area contributed by atoms with E-state index in [1.807, 2.05) is 0 Å². The fraction of sp³-hybridized carbons (Fsp3) is 0.571. The number of aliphatic hydroxyl groups is 1. The van der Waals surface area contributed by atoms with Crippen molar-refractivity contribution in [2.75, 3.05) is 24.6 Å². The molecule has 0 amide bonds. The normalized spacial score (nSPS) is 23.1.